The van der Waals surface area contributed by atoms with Gasteiger partial charge >= 0.3 is 0 Å². The molecule has 0 N–H and O–H groups in total. The summed E-state index contributed by atoms with van der Waals surface area (Å²) in [6.07, 6.45) is 3.29. The second-order valence-electron chi connectivity index (χ2n) is 4.38. The number of nitrogens with zero attached hydrogens (tertiary/aromatic N) is 5. The normalized spacial score (nSPS) is 11.3. The summed E-state index contributed by atoms with van der Waals surface area (Å²) in [6, 6.07) is 3.87. The minimum absolute atomic E-state index is 0.314. The van der Waals surface area contributed by atoms with Crippen LogP contribution in [0, 0.1) is 0 Å². The maximum absolute atomic E-state index is 5.53. The number of hydrogen-bond acceptors (Lipinski definition) is 7. The molecule has 0 aliphatic heterocycles. The fourth-order valence-electron chi connectivity index (χ4n) is 1.63. The average molecular weight is 291 g/mol. The summed E-state index contributed by atoms with van der Waals surface area (Å²) in [5.74, 6) is 2.02. The molecule has 0 fully saturated rings. The molecule has 0 unspecified atom stereocenters. The monoisotopic (exact) mass is 291 g/mol. The predicted molar refractivity (Wildman–Crippen MR) is 72.0 cm³/mol. The summed E-state index contributed by atoms with van der Waals surface area (Å²) >= 11 is 1.51. The Hall–Kier alpha value is -2.09. The lowest BCUT2D eigenvalue weighted by molar-refractivity contribution is 0.493. The topological polar surface area (TPSA) is 82.8 Å². The summed E-state index contributed by atoms with van der Waals surface area (Å²) in [4.78, 5) is 0. The molecule has 0 saturated carbocycles. The van der Waals surface area contributed by atoms with E-state index in [4.69, 9.17) is 8.83 Å². The molecule has 8 heteroatoms. The smallest absolute Gasteiger partial charge is 0.283 e. The molecule has 0 saturated heterocycles. The van der Waals surface area contributed by atoms with Crippen molar-refractivity contribution in [2.45, 2.75) is 30.8 Å². The van der Waals surface area contributed by atoms with Gasteiger partial charge in [0.2, 0.25) is 5.89 Å². The quantitative estimate of drug-likeness (QED) is 0.668. The lowest BCUT2D eigenvalue weighted by Gasteiger charge is -2.07. The van der Waals surface area contributed by atoms with Crippen LogP contribution in [0.4, 0.5) is 0 Å². The summed E-state index contributed by atoms with van der Waals surface area (Å²) in [7, 11) is 0. The fraction of sp³-hybridized carbons (Fsp3) is 0.333. The van der Waals surface area contributed by atoms with Crippen LogP contribution in [0.2, 0.25) is 0 Å². The third-order valence-corrected chi connectivity index (χ3v) is 3.56. The summed E-state index contributed by atoms with van der Waals surface area (Å²) in [6.45, 7) is 4.16. The Morgan fingerprint density at radius 2 is 2.20 bits per heavy atom. The van der Waals surface area contributed by atoms with Crippen LogP contribution in [0.3, 0.4) is 0 Å². The molecule has 3 rings (SSSR count). The third kappa shape index (κ3) is 2.60. The zero-order valence-corrected chi connectivity index (χ0v) is 11.9. The Bertz CT molecular complexity index is 674. The Labute approximate surface area is 119 Å². The van der Waals surface area contributed by atoms with Gasteiger partial charge in [-0.05, 0) is 26.0 Å². The van der Waals surface area contributed by atoms with Crippen LogP contribution in [0.5, 0.6) is 0 Å². The third-order valence-electron chi connectivity index (χ3n) is 2.62. The van der Waals surface area contributed by atoms with Crippen LogP contribution in [-0.4, -0.2) is 25.0 Å². The van der Waals surface area contributed by atoms with Gasteiger partial charge in [0.15, 0.2) is 10.9 Å². The maximum Gasteiger partial charge on any atom is 0.283 e. The van der Waals surface area contributed by atoms with Crippen molar-refractivity contribution in [3.63, 3.8) is 0 Å². The van der Waals surface area contributed by atoms with Crippen LogP contribution in [-0.2, 0) is 5.75 Å². The average Bonchev–Trinajstić information content (AvgIpc) is 3.16. The van der Waals surface area contributed by atoms with Crippen LogP contribution in [0.1, 0.15) is 25.8 Å². The molecular weight excluding hydrogens is 278 g/mol. The largest absolute Gasteiger partial charge is 0.459 e. The standard InChI is InChI=1S/C12H13N5O2S/c1-8(2)17-7-13-16-12(17)20-6-10-14-15-11(19-10)9-4-3-5-18-9/h3-5,7-8H,6H2,1-2H3. The van der Waals surface area contributed by atoms with Gasteiger partial charge in [-0.3, -0.25) is 0 Å². The minimum atomic E-state index is 0.314. The zero-order chi connectivity index (χ0) is 13.9. The van der Waals surface area contributed by atoms with Crippen molar-refractivity contribution < 1.29 is 8.83 Å². The van der Waals surface area contributed by atoms with E-state index in [0.29, 0.717) is 29.3 Å². The van der Waals surface area contributed by atoms with E-state index in [9.17, 15) is 0 Å². The van der Waals surface area contributed by atoms with Gasteiger partial charge in [-0.2, -0.15) is 0 Å². The van der Waals surface area contributed by atoms with Gasteiger partial charge in [-0.1, -0.05) is 11.8 Å². The van der Waals surface area contributed by atoms with Crippen molar-refractivity contribution in [1.82, 2.24) is 25.0 Å². The lowest BCUT2D eigenvalue weighted by atomic mass is 10.4. The van der Waals surface area contributed by atoms with Crippen molar-refractivity contribution in [3.05, 3.63) is 30.6 Å². The molecule has 0 radical (unpaired) electrons. The van der Waals surface area contributed by atoms with Gasteiger partial charge in [0.25, 0.3) is 5.89 Å². The molecule has 3 aromatic heterocycles. The SMILES string of the molecule is CC(C)n1cnnc1SCc1nnc(-c2ccco2)o1. The molecular formula is C12H13N5O2S. The number of rotatable bonds is 5. The molecule has 0 atom stereocenters. The van der Waals surface area contributed by atoms with Crippen molar-refractivity contribution in [2.75, 3.05) is 0 Å². The Balaban J connectivity index is 1.68. The molecule has 104 valence electrons. The lowest BCUT2D eigenvalue weighted by Crippen LogP contribution is -2.00. The summed E-state index contributed by atoms with van der Waals surface area (Å²) < 4.78 is 12.7. The van der Waals surface area contributed by atoms with Crippen molar-refractivity contribution in [1.29, 1.82) is 0 Å². The summed E-state index contributed by atoms with van der Waals surface area (Å²) in [5.41, 5.74) is 0. The molecule has 0 aromatic carbocycles. The highest BCUT2D eigenvalue weighted by atomic mass is 32.2. The van der Waals surface area contributed by atoms with Crippen molar-refractivity contribution in [2.24, 2.45) is 0 Å². The number of aromatic nitrogens is 5. The van der Waals surface area contributed by atoms with Crippen LogP contribution in [0.15, 0.2) is 38.7 Å². The molecule has 3 aromatic rings. The van der Waals surface area contributed by atoms with E-state index in [1.807, 2.05) is 4.57 Å². The predicted octanol–water partition coefficient (Wildman–Crippen LogP) is 2.79. The van der Waals surface area contributed by atoms with E-state index in [0.717, 1.165) is 5.16 Å². The van der Waals surface area contributed by atoms with Crippen molar-refractivity contribution >= 4 is 11.8 Å². The van der Waals surface area contributed by atoms with E-state index in [1.165, 1.54) is 11.8 Å². The van der Waals surface area contributed by atoms with E-state index in [-0.39, 0.29) is 0 Å². The van der Waals surface area contributed by atoms with Gasteiger partial charge in [-0.25, -0.2) is 0 Å². The minimum Gasteiger partial charge on any atom is -0.459 e. The molecule has 0 aliphatic rings. The van der Waals surface area contributed by atoms with E-state index in [1.54, 1.807) is 24.7 Å². The van der Waals surface area contributed by atoms with Crippen LogP contribution < -0.4 is 0 Å². The molecule has 7 nitrogen and oxygen atoms in total. The fourth-order valence-corrected chi connectivity index (χ4v) is 2.51. The summed E-state index contributed by atoms with van der Waals surface area (Å²) in [5, 5.41) is 16.8. The van der Waals surface area contributed by atoms with Gasteiger partial charge in [0.05, 0.1) is 12.0 Å². The molecule has 0 bridgehead atoms. The van der Waals surface area contributed by atoms with E-state index < -0.39 is 0 Å². The highest BCUT2D eigenvalue weighted by Gasteiger charge is 2.13. The number of thioether (sulfide) groups is 1. The highest BCUT2D eigenvalue weighted by molar-refractivity contribution is 7.98. The molecule has 0 aliphatic carbocycles. The van der Waals surface area contributed by atoms with Crippen LogP contribution >= 0.6 is 11.8 Å². The van der Waals surface area contributed by atoms with E-state index >= 15 is 0 Å². The van der Waals surface area contributed by atoms with Gasteiger partial charge < -0.3 is 13.4 Å². The van der Waals surface area contributed by atoms with E-state index in [2.05, 4.69) is 34.2 Å². The number of furan rings is 1. The highest BCUT2D eigenvalue weighted by Crippen LogP contribution is 2.24. The molecule has 0 amide bonds. The first-order valence-corrected chi connectivity index (χ1v) is 7.11. The Kier molecular flexibility index (Phi) is 3.55. The maximum atomic E-state index is 5.53. The van der Waals surface area contributed by atoms with Crippen molar-refractivity contribution in [3.8, 4) is 11.7 Å². The Morgan fingerprint density at radius 3 is 2.95 bits per heavy atom. The second kappa shape index (κ2) is 5.49. The molecule has 0 spiro atoms. The van der Waals surface area contributed by atoms with Gasteiger partial charge in [0, 0.05) is 6.04 Å². The first-order valence-electron chi connectivity index (χ1n) is 6.12. The first-order chi connectivity index (χ1) is 9.74. The van der Waals surface area contributed by atoms with Crippen LogP contribution in [0.25, 0.3) is 11.7 Å². The van der Waals surface area contributed by atoms with Gasteiger partial charge in [0.1, 0.15) is 6.33 Å². The first kappa shape index (κ1) is 12.9. The Morgan fingerprint density at radius 1 is 1.30 bits per heavy atom. The molecule has 3 heterocycles. The zero-order valence-electron chi connectivity index (χ0n) is 11.1. The second-order valence-corrected chi connectivity index (χ2v) is 5.32. The number of hydrogen-bond donors (Lipinski definition) is 0. The van der Waals surface area contributed by atoms with Gasteiger partial charge in [-0.15, -0.1) is 20.4 Å². The molecule has 20 heavy (non-hydrogen) atoms.